The highest BCUT2D eigenvalue weighted by molar-refractivity contribution is 7.86. The second kappa shape index (κ2) is 6.62. The Morgan fingerprint density at radius 1 is 1.32 bits per heavy atom. The van der Waals surface area contributed by atoms with Crippen molar-refractivity contribution in [1.29, 1.82) is 0 Å². The first kappa shape index (κ1) is 17.6. The van der Waals surface area contributed by atoms with E-state index < -0.39 is 34.5 Å². The van der Waals surface area contributed by atoms with Crippen molar-refractivity contribution in [2.75, 3.05) is 19.8 Å². The van der Waals surface area contributed by atoms with E-state index in [2.05, 4.69) is 0 Å². The molecule has 3 aliphatic rings. The van der Waals surface area contributed by atoms with Gasteiger partial charge in [-0.1, -0.05) is 12.1 Å². The molecule has 1 atom stereocenters. The molecule has 0 radical (unpaired) electrons. The molecule has 3 aliphatic heterocycles. The number of primary amides is 1. The third-order valence-electron chi connectivity index (χ3n) is 4.07. The molecule has 0 aromatic heterocycles. The van der Waals surface area contributed by atoms with Gasteiger partial charge in [0.05, 0.1) is 11.5 Å². The Kier molecular flexibility index (Phi) is 4.67. The monoisotopic (exact) mass is 370 g/mol. The second-order valence-electron chi connectivity index (χ2n) is 5.90. The molecule has 0 saturated carbocycles. The predicted octanol–water partition coefficient (Wildman–Crippen LogP) is 0.336. The smallest absolute Gasteiger partial charge is 0.412 e. The number of nitrogens with zero attached hydrogens (tertiary/aromatic N) is 1. The summed E-state index contributed by atoms with van der Waals surface area (Å²) in [7, 11) is -4.15. The molecule has 2 N–H and O–H groups in total. The van der Waals surface area contributed by atoms with E-state index in [1.807, 2.05) is 0 Å². The highest BCUT2D eigenvalue weighted by Gasteiger charge is 2.50. The summed E-state index contributed by atoms with van der Waals surface area (Å²) in [6, 6.07) is 5.88. The minimum absolute atomic E-state index is 0.00782. The number of benzene rings is 1. The molecule has 1 fully saturated rings. The molecule has 4 rings (SSSR count). The van der Waals surface area contributed by atoms with Gasteiger partial charge in [0.1, 0.15) is 13.2 Å². The number of carbonyl (C=O) groups excluding carboxylic acids is 2. The Morgan fingerprint density at radius 2 is 2.04 bits per heavy atom. The summed E-state index contributed by atoms with van der Waals surface area (Å²) in [6.45, 7) is -0.475. The fourth-order valence-electron chi connectivity index (χ4n) is 2.91. The Balaban J connectivity index is 1.98. The first-order chi connectivity index (χ1) is 11.8. The van der Waals surface area contributed by atoms with Crippen molar-refractivity contribution < 1.29 is 31.7 Å². The van der Waals surface area contributed by atoms with Crippen LogP contribution in [0.5, 0.6) is 0 Å². The van der Waals surface area contributed by atoms with E-state index in [9.17, 15) is 18.0 Å². The van der Waals surface area contributed by atoms with Gasteiger partial charge in [0, 0.05) is 13.0 Å². The van der Waals surface area contributed by atoms with Crippen molar-refractivity contribution in [2.24, 2.45) is 5.73 Å². The van der Waals surface area contributed by atoms with Crippen LogP contribution in [-0.4, -0.2) is 50.8 Å². The predicted molar refractivity (Wildman–Crippen MR) is 83.6 cm³/mol. The van der Waals surface area contributed by atoms with Crippen LogP contribution in [0.2, 0.25) is 0 Å². The van der Waals surface area contributed by atoms with E-state index in [1.165, 1.54) is 17.0 Å². The van der Waals surface area contributed by atoms with Gasteiger partial charge in [-0.3, -0.25) is 9.69 Å². The van der Waals surface area contributed by atoms with Crippen molar-refractivity contribution in [1.82, 2.24) is 4.90 Å². The molecule has 0 spiro atoms. The van der Waals surface area contributed by atoms with Crippen molar-refractivity contribution in [3.05, 3.63) is 29.8 Å². The van der Waals surface area contributed by atoms with Crippen LogP contribution in [0.4, 0.5) is 4.79 Å². The number of fused-ring (bicyclic) bond motifs is 5. The van der Waals surface area contributed by atoms with Crippen LogP contribution in [0, 0.1) is 0 Å². The van der Waals surface area contributed by atoms with Crippen molar-refractivity contribution in [3.8, 4) is 0 Å². The third kappa shape index (κ3) is 3.60. The van der Waals surface area contributed by atoms with Crippen molar-refractivity contribution in [2.45, 2.75) is 30.1 Å². The molecule has 9 nitrogen and oxygen atoms in total. The van der Waals surface area contributed by atoms with E-state index in [0.29, 0.717) is 12.0 Å². The van der Waals surface area contributed by atoms with E-state index in [0.717, 1.165) is 0 Å². The number of ether oxygens (including phenoxy) is 2. The summed E-state index contributed by atoms with van der Waals surface area (Å²) in [5, 5.41) is 0. The van der Waals surface area contributed by atoms with Gasteiger partial charge in [-0.05, 0) is 24.1 Å². The standard InChI is InChI=1S/C15H18N2O7S/c16-13(18)9-22-10-15-6-1-7-17(15)14(19)23-8-11-2-4-12(5-3-11)25(20,21)24-15/h2-5H,1,6-10H2,(H2,16,18)/t15-/m0/s1. The van der Waals surface area contributed by atoms with Gasteiger partial charge in [-0.25, -0.2) is 8.98 Å². The average Bonchev–Trinajstić information content (AvgIpc) is 2.94. The van der Waals surface area contributed by atoms with Gasteiger partial charge in [0.15, 0.2) is 5.72 Å². The zero-order valence-corrected chi connectivity index (χ0v) is 14.2. The molecule has 0 unspecified atom stereocenters. The van der Waals surface area contributed by atoms with Gasteiger partial charge >= 0.3 is 6.09 Å². The molecule has 25 heavy (non-hydrogen) atoms. The normalized spacial score (nSPS) is 25.1. The van der Waals surface area contributed by atoms with Gasteiger partial charge in [-0.2, -0.15) is 8.42 Å². The van der Waals surface area contributed by atoms with E-state index >= 15 is 0 Å². The van der Waals surface area contributed by atoms with Gasteiger partial charge in [0.2, 0.25) is 5.91 Å². The number of hydrogen-bond donors (Lipinski definition) is 1. The average molecular weight is 370 g/mol. The maximum Gasteiger partial charge on any atom is 0.412 e. The van der Waals surface area contributed by atoms with Gasteiger partial charge < -0.3 is 15.2 Å². The van der Waals surface area contributed by atoms with Crippen molar-refractivity contribution >= 4 is 22.1 Å². The largest absolute Gasteiger partial charge is 0.444 e. The molecule has 3 heterocycles. The molecule has 0 aliphatic carbocycles. The summed E-state index contributed by atoms with van der Waals surface area (Å²) in [6.07, 6.45) is 0.0134. The zero-order chi connectivity index (χ0) is 18.1. The van der Waals surface area contributed by atoms with Crippen molar-refractivity contribution in [3.63, 3.8) is 0 Å². The summed E-state index contributed by atoms with van der Waals surface area (Å²) in [5.74, 6) is -0.710. The molecule has 2 bridgehead atoms. The SMILES string of the molecule is NC(=O)COC[C@@]12CCCN1C(=O)OCc1ccc(cc1)S(=O)(=O)O2. The molecule has 1 saturated heterocycles. The van der Waals surface area contributed by atoms with Crippen LogP contribution in [-0.2, 0) is 35.2 Å². The Bertz CT molecular complexity index is 778. The fourth-order valence-corrected chi connectivity index (χ4v) is 4.10. The minimum Gasteiger partial charge on any atom is -0.444 e. The lowest BCUT2D eigenvalue weighted by atomic mass is 10.2. The maximum absolute atomic E-state index is 12.6. The molecule has 1 aromatic carbocycles. The summed E-state index contributed by atoms with van der Waals surface area (Å²) < 4.78 is 41.2. The molecular formula is C15H18N2O7S. The lowest BCUT2D eigenvalue weighted by Gasteiger charge is -2.36. The molecule has 10 heteroatoms. The van der Waals surface area contributed by atoms with Crippen LogP contribution in [0.1, 0.15) is 18.4 Å². The second-order valence-corrected chi connectivity index (χ2v) is 7.44. The third-order valence-corrected chi connectivity index (χ3v) is 5.45. The highest BCUT2D eigenvalue weighted by atomic mass is 32.2. The Morgan fingerprint density at radius 3 is 2.72 bits per heavy atom. The lowest BCUT2D eigenvalue weighted by molar-refractivity contribution is -0.130. The Hall–Kier alpha value is -2.17. The summed E-state index contributed by atoms with van der Waals surface area (Å²) in [4.78, 5) is 24.5. The molecule has 2 amide bonds. The number of rotatable bonds is 4. The molecular weight excluding hydrogens is 352 g/mol. The topological polar surface area (TPSA) is 125 Å². The summed E-state index contributed by atoms with van der Waals surface area (Å²) >= 11 is 0. The Labute approximate surface area is 144 Å². The van der Waals surface area contributed by atoms with Gasteiger partial charge in [0.25, 0.3) is 10.1 Å². The number of carbonyl (C=O) groups is 2. The first-order valence-electron chi connectivity index (χ1n) is 7.67. The van der Waals surface area contributed by atoms with Crippen LogP contribution in [0.15, 0.2) is 29.2 Å². The molecule has 1 aromatic rings. The zero-order valence-electron chi connectivity index (χ0n) is 13.3. The number of amides is 2. The fraction of sp³-hybridized carbons (Fsp3) is 0.467. The van der Waals surface area contributed by atoms with E-state index in [1.54, 1.807) is 12.1 Å². The lowest BCUT2D eigenvalue weighted by Crippen LogP contribution is -2.54. The number of hydrogen-bond acceptors (Lipinski definition) is 7. The molecule has 136 valence electrons. The first-order valence-corrected chi connectivity index (χ1v) is 9.08. The maximum atomic E-state index is 12.6. The van der Waals surface area contributed by atoms with E-state index in [-0.39, 0.29) is 31.1 Å². The minimum atomic E-state index is -4.15. The van der Waals surface area contributed by atoms with Crippen LogP contribution < -0.4 is 5.73 Å². The van der Waals surface area contributed by atoms with Crippen LogP contribution in [0.25, 0.3) is 0 Å². The number of nitrogens with two attached hydrogens (primary N) is 1. The van der Waals surface area contributed by atoms with E-state index in [4.69, 9.17) is 19.4 Å². The quantitative estimate of drug-likeness (QED) is 0.757. The van der Waals surface area contributed by atoms with Crippen LogP contribution >= 0.6 is 0 Å². The summed E-state index contributed by atoms with van der Waals surface area (Å²) in [5.41, 5.74) is 4.12. The van der Waals surface area contributed by atoms with Gasteiger partial charge in [-0.15, -0.1) is 0 Å². The highest BCUT2D eigenvalue weighted by Crippen LogP contribution is 2.35. The van der Waals surface area contributed by atoms with Crippen LogP contribution in [0.3, 0.4) is 0 Å².